The van der Waals surface area contributed by atoms with Crippen molar-refractivity contribution in [1.82, 2.24) is 5.32 Å². The Balaban J connectivity index is 0.0000109. The predicted molar refractivity (Wildman–Crippen MR) is 144 cm³/mol. The molecule has 1 unspecified atom stereocenters. The van der Waals surface area contributed by atoms with Gasteiger partial charge in [0.15, 0.2) is 6.17 Å². The maximum Gasteiger partial charge on any atom is 0.224 e. The average molecular weight is 495 g/mol. The fraction of sp³-hybridized carbons (Fsp3) is 0.767. The highest BCUT2D eigenvalue weighted by atomic mass is 35.5. The van der Waals surface area contributed by atoms with E-state index in [1.54, 1.807) is 0 Å². The Morgan fingerprint density at radius 3 is 1.62 bits per heavy atom. The lowest BCUT2D eigenvalue weighted by Crippen LogP contribution is -3.00. The molecule has 1 atom stereocenters. The summed E-state index contributed by atoms with van der Waals surface area (Å²) in [5, 5.41) is 3.31. The summed E-state index contributed by atoms with van der Waals surface area (Å²) in [5.41, 5.74) is 1.32. The van der Waals surface area contributed by atoms with Crippen molar-refractivity contribution in [2.75, 3.05) is 14.1 Å². The molecule has 0 aromatic heterocycles. The summed E-state index contributed by atoms with van der Waals surface area (Å²) in [5.74, 6) is 0.218. The maximum atomic E-state index is 12.5. The summed E-state index contributed by atoms with van der Waals surface area (Å²) in [6.45, 7) is 5.38. The van der Waals surface area contributed by atoms with E-state index in [4.69, 9.17) is 0 Å². The fourth-order valence-corrected chi connectivity index (χ4v) is 4.85. The number of nitrogens with one attached hydrogen (secondary N) is 1. The van der Waals surface area contributed by atoms with Crippen LogP contribution < -0.4 is 17.7 Å². The molecule has 0 saturated heterocycles. The molecule has 0 spiro atoms. The third kappa shape index (κ3) is 16.5. The van der Waals surface area contributed by atoms with Gasteiger partial charge in [0.2, 0.25) is 5.91 Å². The van der Waals surface area contributed by atoms with E-state index in [1.807, 2.05) is 0 Å². The number of unbranched alkanes of at least 4 members (excludes halogenated alkanes) is 14. The normalized spacial score (nSPS) is 12.2. The number of benzene rings is 1. The number of carbonyl (C=O) groups is 1. The maximum absolute atomic E-state index is 12.5. The Kier molecular flexibility index (Phi) is 20.6. The minimum atomic E-state index is 0. The molecule has 0 aliphatic heterocycles. The fourth-order valence-electron chi connectivity index (χ4n) is 4.85. The van der Waals surface area contributed by atoms with E-state index in [-0.39, 0.29) is 24.5 Å². The second-order valence-electron chi connectivity index (χ2n) is 10.6. The first-order valence-electron chi connectivity index (χ1n) is 14.2. The smallest absolute Gasteiger partial charge is 0.224 e. The topological polar surface area (TPSA) is 29.1 Å². The van der Waals surface area contributed by atoms with Gasteiger partial charge in [0, 0.05) is 18.4 Å². The number of nitrogens with zero attached hydrogens (tertiary/aromatic N) is 1. The van der Waals surface area contributed by atoms with Gasteiger partial charge in [0.25, 0.3) is 0 Å². The van der Waals surface area contributed by atoms with Gasteiger partial charge < -0.3 is 22.2 Å². The predicted octanol–water partition coefficient (Wildman–Crippen LogP) is 5.38. The van der Waals surface area contributed by atoms with E-state index in [1.165, 1.54) is 95.5 Å². The van der Waals surface area contributed by atoms with Crippen molar-refractivity contribution in [2.45, 2.75) is 136 Å². The molecule has 1 aromatic carbocycles. The van der Waals surface area contributed by atoms with Crippen LogP contribution in [0.1, 0.15) is 129 Å². The minimum absolute atomic E-state index is 0. The molecule has 0 aliphatic carbocycles. The highest BCUT2D eigenvalue weighted by Crippen LogP contribution is 2.16. The van der Waals surface area contributed by atoms with Gasteiger partial charge in [-0.2, -0.15) is 0 Å². The van der Waals surface area contributed by atoms with Crippen LogP contribution in [0.2, 0.25) is 0 Å². The molecule has 1 rings (SSSR count). The molecule has 34 heavy (non-hydrogen) atoms. The number of hydrogen-bond donors (Lipinski definition) is 1. The Bertz CT molecular complexity index is 591. The molecule has 3 nitrogen and oxygen atoms in total. The Labute approximate surface area is 218 Å². The van der Waals surface area contributed by atoms with Gasteiger partial charge in [-0.15, -0.1) is 0 Å². The zero-order valence-corrected chi connectivity index (χ0v) is 23.7. The van der Waals surface area contributed by atoms with Crippen LogP contribution in [-0.2, 0) is 11.3 Å². The van der Waals surface area contributed by atoms with Gasteiger partial charge in [-0.1, -0.05) is 134 Å². The number of carbonyl (C=O) groups excluding carboxylic acids is 1. The Hall–Kier alpha value is -1.06. The first-order valence-corrected chi connectivity index (χ1v) is 14.2. The number of amides is 1. The van der Waals surface area contributed by atoms with Crippen LogP contribution in [-0.4, -0.2) is 30.7 Å². The summed E-state index contributed by atoms with van der Waals surface area (Å²) in [4.78, 5) is 12.5. The van der Waals surface area contributed by atoms with E-state index in [0.29, 0.717) is 6.42 Å². The van der Waals surface area contributed by atoms with Crippen LogP contribution in [0.4, 0.5) is 0 Å². The quantitative estimate of drug-likeness (QED) is 0.139. The molecule has 0 fully saturated rings. The molecule has 0 saturated carbocycles. The van der Waals surface area contributed by atoms with Crippen molar-refractivity contribution in [1.29, 1.82) is 0 Å². The molecule has 4 heteroatoms. The lowest BCUT2D eigenvalue weighted by atomic mass is 10.0. The summed E-state index contributed by atoms with van der Waals surface area (Å²) < 4.78 is 0.783. The van der Waals surface area contributed by atoms with Crippen LogP contribution in [0, 0.1) is 0 Å². The molecule has 0 bridgehead atoms. The van der Waals surface area contributed by atoms with Crippen LogP contribution in [0.15, 0.2) is 30.3 Å². The standard InChI is InChI=1S/C30H54N2O.ClH/c1-5-7-8-9-10-11-12-13-14-15-16-17-18-19-23-26-30(33)31-29(6-2)32(3,4)27-28-24-21-20-22-25-28;/h20-22,24-25,29H,5-19,23,26-27H2,1-4H3;1H. The van der Waals surface area contributed by atoms with Crippen molar-refractivity contribution in [2.24, 2.45) is 0 Å². The SMILES string of the molecule is CCCCCCCCCCCCCCCCCC(=O)NC(CC)[N+](C)(C)Cc1ccccc1.[Cl-]. The van der Waals surface area contributed by atoms with Gasteiger partial charge in [-0.25, -0.2) is 0 Å². The summed E-state index contributed by atoms with van der Waals surface area (Å²) in [6, 6.07) is 10.6. The number of rotatable bonds is 21. The minimum Gasteiger partial charge on any atom is -1.00 e. The largest absolute Gasteiger partial charge is 1.00 e. The lowest BCUT2D eigenvalue weighted by molar-refractivity contribution is -0.930. The van der Waals surface area contributed by atoms with Gasteiger partial charge >= 0.3 is 0 Å². The third-order valence-electron chi connectivity index (χ3n) is 7.00. The van der Waals surface area contributed by atoms with Crippen molar-refractivity contribution >= 4 is 5.91 Å². The molecular weight excluding hydrogens is 440 g/mol. The molecule has 198 valence electrons. The third-order valence-corrected chi connectivity index (χ3v) is 7.00. The molecular formula is C30H55ClN2O. The number of halogens is 1. The second kappa shape index (κ2) is 21.2. The molecule has 1 amide bonds. The van der Waals surface area contributed by atoms with Crippen molar-refractivity contribution in [3.05, 3.63) is 35.9 Å². The van der Waals surface area contributed by atoms with Crippen LogP contribution in [0.5, 0.6) is 0 Å². The molecule has 0 aliphatic rings. The Morgan fingerprint density at radius 1 is 0.735 bits per heavy atom. The zero-order chi connectivity index (χ0) is 24.2. The molecule has 0 heterocycles. The van der Waals surface area contributed by atoms with Crippen LogP contribution in [0.3, 0.4) is 0 Å². The van der Waals surface area contributed by atoms with Crippen molar-refractivity contribution in [3.8, 4) is 0 Å². The van der Waals surface area contributed by atoms with E-state index < -0.39 is 0 Å². The molecule has 1 aromatic rings. The first-order chi connectivity index (χ1) is 16.0. The highest BCUT2D eigenvalue weighted by molar-refractivity contribution is 5.75. The van der Waals surface area contributed by atoms with Gasteiger partial charge in [-0.3, -0.25) is 4.79 Å². The van der Waals surface area contributed by atoms with Gasteiger partial charge in [-0.05, 0) is 6.42 Å². The van der Waals surface area contributed by atoms with Crippen LogP contribution in [0.25, 0.3) is 0 Å². The van der Waals surface area contributed by atoms with Gasteiger partial charge in [0.05, 0.1) is 14.1 Å². The first kappa shape index (κ1) is 32.9. The van der Waals surface area contributed by atoms with E-state index in [2.05, 4.69) is 63.6 Å². The summed E-state index contributed by atoms with van der Waals surface area (Å²) in [7, 11) is 4.43. The lowest BCUT2D eigenvalue weighted by Gasteiger charge is -2.38. The zero-order valence-electron chi connectivity index (χ0n) is 22.9. The van der Waals surface area contributed by atoms with Crippen LogP contribution >= 0.6 is 0 Å². The van der Waals surface area contributed by atoms with E-state index in [0.717, 1.165) is 23.9 Å². The van der Waals surface area contributed by atoms with E-state index in [9.17, 15) is 4.79 Å². The summed E-state index contributed by atoms with van der Waals surface area (Å²) in [6.07, 6.45) is 22.1. The highest BCUT2D eigenvalue weighted by Gasteiger charge is 2.28. The average Bonchev–Trinajstić information content (AvgIpc) is 2.80. The monoisotopic (exact) mass is 494 g/mol. The van der Waals surface area contributed by atoms with Gasteiger partial charge in [0.1, 0.15) is 6.54 Å². The van der Waals surface area contributed by atoms with Crippen molar-refractivity contribution < 1.29 is 21.7 Å². The molecule has 1 N–H and O–H groups in total. The molecule has 0 radical (unpaired) electrons. The van der Waals surface area contributed by atoms with Crippen molar-refractivity contribution in [3.63, 3.8) is 0 Å². The Morgan fingerprint density at radius 2 is 1.18 bits per heavy atom. The summed E-state index contributed by atoms with van der Waals surface area (Å²) >= 11 is 0. The second-order valence-corrected chi connectivity index (χ2v) is 10.6. The number of hydrogen-bond acceptors (Lipinski definition) is 1. The number of quaternary nitrogens is 1. The van der Waals surface area contributed by atoms with E-state index >= 15 is 0 Å².